The number of nitrogens with zero attached hydrogens (tertiary/aromatic N) is 5. The van der Waals surface area contributed by atoms with Crippen molar-refractivity contribution in [2.75, 3.05) is 11.6 Å². The molecular weight excluding hydrogens is 422 g/mol. The maximum atomic E-state index is 13.8. The molecule has 1 aliphatic rings. The van der Waals surface area contributed by atoms with Gasteiger partial charge in [0.15, 0.2) is 0 Å². The van der Waals surface area contributed by atoms with E-state index >= 15 is 0 Å². The van der Waals surface area contributed by atoms with E-state index in [1.165, 1.54) is 11.1 Å². The Labute approximate surface area is 200 Å². The monoisotopic (exact) mass is 451 g/mol. The molecule has 2 aromatic heterocycles. The molecule has 0 atom stereocenters. The fraction of sp³-hybridized carbons (Fsp3) is 0.250. The van der Waals surface area contributed by atoms with Gasteiger partial charge in [-0.2, -0.15) is 0 Å². The summed E-state index contributed by atoms with van der Waals surface area (Å²) in [5.41, 5.74) is 7.11. The predicted octanol–water partition coefficient (Wildman–Crippen LogP) is 4.72. The minimum Gasteiger partial charge on any atom is -0.298 e. The zero-order valence-corrected chi connectivity index (χ0v) is 19.9. The van der Waals surface area contributed by atoms with Crippen molar-refractivity contribution in [3.05, 3.63) is 117 Å². The Bertz CT molecular complexity index is 1370. The Morgan fingerprint density at radius 2 is 1.68 bits per heavy atom. The summed E-state index contributed by atoms with van der Waals surface area (Å²) in [4.78, 5) is 27.7. The van der Waals surface area contributed by atoms with Crippen LogP contribution >= 0.6 is 0 Å². The summed E-state index contributed by atoms with van der Waals surface area (Å²) in [5, 5.41) is 0. The van der Waals surface area contributed by atoms with Gasteiger partial charge in [-0.05, 0) is 55.7 Å². The second-order valence-electron chi connectivity index (χ2n) is 8.95. The van der Waals surface area contributed by atoms with Crippen LogP contribution in [-0.4, -0.2) is 26.1 Å². The number of hydrogen-bond acceptors (Lipinski definition) is 5. The van der Waals surface area contributed by atoms with Crippen molar-refractivity contribution in [3.63, 3.8) is 0 Å². The summed E-state index contributed by atoms with van der Waals surface area (Å²) >= 11 is 0. The van der Waals surface area contributed by atoms with Gasteiger partial charge in [-0.1, -0.05) is 48.5 Å². The van der Waals surface area contributed by atoms with Crippen LogP contribution in [0.15, 0.2) is 77.7 Å². The van der Waals surface area contributed by atoms with Crippen LogP contribution in [0.3, 0.4) is 0 Å². The molecule has 0 saturated heterocycles. The van der Waals surface area contributed by atoms with Crippen molar-refractivity contribution in [2.45, 2.75) is 40.4 Å². The fourth-order valence-corrected chi connectivity index (χ4v) is 4.56. The lowest BCUT2D eigenvalue weighted by Crippen LogP contribution is -2.48. The Balaban J connectivity index is 1.61. The molecule has 2 aromatic carbocycles. The number of aryl methyl sites for hydroxylation is 2. The third-order valence-corrected chi connectivity index (χ3v) is 6.58. The number of fused-ring (bicyclic) bond motifs is 1. The second-order valence-corrected chi connectivity index (χ2v) is 8.95. The highest BCUT2D eigenvalue weighted by Gasteiger charge is 2.29. The largest absolute Gasteiger partial charge is 0.298 e. The minimum absolute atomic E-state index is 0.0207. The molecule has 0 fully saturated rings. The van der Waals surface area contributed by atoms with Gasteiger partial charge in [0.25, 0.3) is 5.56 Å². The Morgan fingerprint density at radius 3 is 2.44 bits per heavy atom. The highest BCUT2D eigenvalue weighted by Crippen LogP contribution is 2.32. The number of rotatable bonds is 5. The summed E-state index contributed by atoms with van der Waals surface area (Å²) in [6.45, 7) is 7.94. The quantitative estimate of drug-likeness (QED) is 0.439. The average molecular weight is 452 g/mol. The van der Waals surface area contributed by atoms with E-state index in [1.807, 2.05) is 54.1 Å². The predicted molar refractivity (Wildman–Crippen MR) is 135 cm³/mol. The second kappa shape index (κ2) is 9.23. The summed E-state index contributed by atoms with van der Waals surface area (Å²) in [6.07, 6.45) is 2.38. The van der Waals surface area contributed by atoms with Crippen molar-refractivity contribution < 1.29 is 0 Å². The third-order valence-electron chi connectivity index (χ3n) is 6.58. The van der Waals surface area contributed by atoms with Crippen LogP contribution in [-0.2, 0) is 19.6 Å². The van der Waals surface area contributed by atoms with Gasteiger partial charge < -0.3 is 0 Å². The molecular formula is C28H29N5O. The third kappa shape index (κ3) is 4.24. The molecule has 0 N–H and O–H groups in total. The van der Waals surface area contributed by atoms with E-state index in [2.05, 4.69) is 59.0 Å². The minimum atomic E-state index is 0.0207. The maximum Gasteiger partial charge on any atom is 0.259 e. The number of aromatic nitrogens is 3. The topological polar surface area (TPSA) is 54.3 Å². The molecule has 0 spiro atoms. The normalized spacial score (nSPS) is 13.7. The molecule has 3 heterocycles. The first-order valence-electron chi connectivity index (χ1n) is 11.6. The van der Waals surface area contributed by atoms with Gasteiger partial charge >= 0.3 is 0 Å². The highest BCUT2D eigenvalue weighted by molar-refractivity contribution is 5.64. The first kappa shape index (κ1) is 22.0. The van der Waals surface area contributed by atoms with E-state index in [0.29, 0.717) is 32.3 Å². The van der Waals surface area contributed by atoms with Crippen molar-refractivity contribution >= 4 is 11.6 Å². The summed E-state index contributed by atoms with van der Waals surface area (Å²) in [5.74, 6) is 0.699. The molecule has 6 heteroatoms. The Kier molecular flexibility index (Phi) is 5.99. The zero-order chi connectivity index (χ0) is 23.7. The average Bonchev–Trinajstić information content (AvgIpc) is 2.85. The van der Waals surface area contributed by atoms with Gasteiger partial charge in [0.2, 0.25) is 5.95 Å². The first-order chi connectivity index (χ1) is 16.5. The number of pyridine rings is 1. The van der Waals surface area contributed by atoms with Crippen molar-refractivity contribution in [3.8, 4) is 0 Å². The van der Waals surface area contributed by atoms with Gasteiger partial charge in [-0.3, -0.25) is 24.1 Å². The molecule has 0 unspecified atom stereocenters. The van der Waals surface area contributed by atoms with Crippen LogP contribution in [0.25, 0.3) is 0 Å². The van der Waals surface area contributed by atoms with Gasteiger partial charge in [-0.25, -0.2) is 4.98 Å². The molecule has 0 saturated carbocycles. The summed E-state index contributed by atoms with van der Waals surface area (Å²) in [6, 6.07) is 22.3. The van der Waals surface area contributed by atoms with Crippen molar-refractivity contribution in [1.82, 2.24) is 19.4 Å². The molecule has 172 valence electrons. The molecule has 34 heavy (non-hydrogen) atoms. The Morgan fingerprint density at radius 1 is 0.882 bits per heavy atom. The van der Waals surface area contributed by atoms with Crippen LogP contribution in [0.4, 0.5) is 11.6 Å². The van der Waals surface area contributed by atoms with Crippen LogP contribution < -0.4 is 10.5 Å². The lowest BCUT2D eigenvalue weighted by Gasteiger charge is -2.39. The Hall–Kier alpha value is -3.77. The zero-order valence-electron chi connectivity index (χ0n) is 19.9. The number of benzene rings is 2. The van der Waals surface area contributed by atoms with Gasteiger partial charge in [-0.15, -0.1) is 0 Å². The van der Waals surface area contributed by atoms with E-state index < -0.39 is 0 Å². The van der Waals surface area contributed by atoms with E-state index in [0.717, 1.165) is 28.2 Å². The molecule has 4 aromatic rings. The van der Waals surface area contributed by atoms with Crippen LogP contribution in [0, 0.1) is 20.8 Å². The standard InChI is InChI=1S/C28H29N5O/c1-20-10-9-14-26(21(20)2)32-18-31(17-24-13-7-8-15-29-24)19-33-27(34)25(22(3)30-28(32)33)16-23-11-5-4-6-12-23/h4-15H,16-19H2,1-3H3. The maximum absolute atomic E-state index is 13.8. The summed E-state index contributed by atoms with van der Waals surface area (Å²) < 4.78 is 1.82. The van der Waals surface area contributed by atoms with Gasteiger partial charge in [0.05, 0.1) is 24.7 Å². The molecule has 0 aliphatic carbocycles. The van der Waals surface area contributed by atoms with E-state index in [4.69, 9.17) is 4.98 Å². The molecule has 5 rings (SSSR count). The molecule has 0 bridgehead atoms. The summed E-state index contributed by atoms with van der Waals surface area (Å²) in [7, 11) is 0. The van der Waals surface area contributed by atoms with Gasteiger partial charge in [0, 0.05) is 30.4 Å². The van der Waals surface area contributed by atoms with Crippen LogP contribution in [0.1, 0.15) is 33.6 Å². The molecule has 6 nitrogen and oxygen atoms in total. The van der Waals surface area contributed by atoms with Crippen molar-refractivity contribution in [1.29, 1.82) is 0 Å². The molecule has 1 aliphatic heterocycles. The SMILES string of the molecule is Cc1cccc(N2CN(Cc3ccccn3)Cn3c2nc(C)c(Cc2ccccc2)c3=O)c1C. The van der Waals surface area contributed by atoms with E-state index in [9.17, 15) is 4.79 Å². The van der Waals surface area contributed by atoms with Crippen LogP contribution in [0.2, 0.25) is 0 Å². The number of anilines is 2. The highest BCUT2D eigenvalue weighted by atomic mass is 16.1. The van der Waals surface area contributed by atoms with Crippen molar-refractivity contribution in [2.24, 2.45) is 0 Å². The fourth-order valence-electron chi connectivity index (χ4n) is 4.56. The number of hydrogen-bond donors (Lipinski definition) is 0. The van der Waals surface area contributed by atoms with E-state index in [1.54, 1.807) is 0 Å². The molecule has 0 radical (unpaired) electrons. The first-order valence-corrected chi connectivity index (χ1v) is 11.6. The molecule has 0 amide bonds. The lowest BCUT2D eigenvalue weighted by molar-refractivity contribution is 0.187. The van der Waals surface area contributed by atoms with Crippen LogP contribution in [0.5, 0.6) is 0 Å². The smallest absolute Gasteiger partial charge is 0.259 e. The van der Waals surface area contributed by atoms with E-state index in [-0.39, 0.29) is 5.56 Å². The lowest BCUT2D eigenvalue weighted by atomic mass is 10.0. The van der Waals surface area contributed by atoms with Gasteiger partial charge in [0.1, 0.15) is 0 Å².